The zero-order chi connectivity index (χ0) is 28.9. The largest absolute Gasteiger partial charge is 0.497 e. The maximum Gasteiger partial charge on any atom is 0.257 e. The molecule has 0 radical (unpaired) electrons. The molecular formula is C31H32FN3O6. The highest BCUT2D eigenvalue weighted by molar-refractivity contribution is 6.05. The molecule has 3 aromatic carbocycles. The Balaban J connectivity index is 1.22. The average Bonchev–Trinajstić information content (AvgIpc) is 2.99. The van der Waals surface area contributed by atoms with Gasteiger partial charge in [0.2, 0.25) is 5.91 Å². The number of carbonyl (C=O) groups excluding carboxylic acids is 3. The highest BCUT2D eigenvalue weighted by Crippen LogP contribution is 2.32. The minimum atomic E-state index is -0.428. The lowest BCUT2D eigenvalue weighted by molar-refractivity contribution is -0.134. The Morgan fingerprint density at radius 2 is 1.90 bits per heavy atom. The number of anilines is 1. The first-order valence-corrected chi connectivity index (χ1v) is 13.5. The van der Waals surface area contributed by atoms with Crippen molar-refractivity contribution in [2.24, 2.45) is 0 Å². The molecule has 3 amide bonds. The monoisotopic (exact) mass is 561 g/mol. The molecule has 1 saturated heterocycles. The fourth-order valence-electron chi connectivity index (χ4n) is 5.19. The molecule has 2 aliphatic heterocycles. The number of nitrogens with zero attached hydrogens (tertiary/aromatic N) is 1. The molecule has 0 aliphatic carbocycles. The molecule has 0 unspecified atom stereocenters. The van der Waals surface area contributed by atoms with Crippen molar-refractivity contribution >= 4 is 23.4 Å². The van der Waals surface area contributed by atoms with E-state index in [4.69, 9.17) is 14.2 Å². The zero-order valence-electron chi connectivity index (χ0n) is 22.9. The maximum absolute atomic E-state index is 13.9. The highest BCUT2D eigenvalue weighted by atomic mass is 19.1. The summed E-state index contributed by atoms with van der Waals surface area (Å²) in [5, 5.41) is 5.59. The standard InChI is InChI=1S/C31H32FN3O6/c1-35-26-12-11-23(16-29(36)33-17-20-6-3-4-9-25(20)32)41-28(26)18-40-27-13-10-21(15-24(27)31(35)38)34-30(37)19-7-5-8-22(14-19)39-2/h3-10,13-15,23,26,28H,11-12,16-18H2,1-2H3,(H,33,36)(H,34,37)/t23-,26+,28+/m0/s1. The van der Waals surface area contributed by atoms with Gasteiger partial charge in [-0.05, 0) is 55.3 Å². The Morgan fingerprint density at radius 1 is 1.07 bits per heavy atom. The number of ether oxygens (including phenoxy) is 3. The van der Waals surface area contributed by atoms with Crippen LogP contribution in [0.2, 0.25) is 0 Å². The van der Waals surface area contributed by atoms with Gasteiger partial charge in [-0.25, -0.2) is 4.39 Å². The molecule has 3 aromatic rings. The fraction of sp³-hybridized carbons (Fsp3) is 0.323. The van der Waals surface area contributed by atoms with Gasteiger partial charge >= 0.3 is 0 Å². The molecule has 10 heteroatoms. The van der Waals surface area contributed by atoms with Crippen molar-refractivity contribution in [2.45, 2.75) is 44.1 Å². The summed E-state index contributed by atoms with van der Waals surface area (Å²) in [6.07, 6.45) is 0.556. The van der Waals surface area contributed by atoms with Crippen molar-refractivity contribution < 1.29 is 33.0 Å². The van der Waals surface area contributed by atoms with E-state index in [-0.39, 0.29) is 55.3 Å². The van der Waals surface area contributed by atoms with Crippen LogP contribution in [0.25, 0.3) is 0 Å². The number of rotatable bonds is 7. The first kappa shape index (κ1) is 28.1. The minimum absolute atomic E-state index is 0.101. The van der Waals surface area contributed by atoms with Crippen molar-refractivity contribution in [3.63, 3.8) is 0 Å². The van der Waals surface area contributed by atoms with Crippen LogP contribution < -0.4 is 20.1 Å². The van der Waals surface area contributed by atoms with E-state index in [9.17, 15) is 18.8 Å². The number of hydrogen-bond donors (Lipinski definition) is 2. The highest BCUT2D eigenvalue weighted by Gasteiger charge is 2.39. The third-order valence-electron chi connectivity index (χ3n) is 7.45. The van der Waals surface area contributed by atoms with Gasteiger partial charge in [0.1, 0.15) is 30.0 Å². The van der Waals surface area contributed by atoms with Gasteiger partial charge in [-0.1, -0.05) is 24.3 Å². The lowest BCUT2D eigenvalue weighted by atomic mass is 9.94. The lowest BCUT2D eigenvalue weighted by Crippen LogP contribution is -2.53. The van der Waals surface area contributed by atoms with E-state index in [0.29, 0.717) is 46.7 Å². The molecule has 0 spiro atoms. The van der Waals surface area contributed by atoms with Crippen molar-refractivity contribution in [1.82, 2.24) is 10.2 Å². The van der Waals surface area contributed by atoms with E-state index in [1.807, 2.05) is 0 Å². The Hall–Kier alpha value is -4.44. The zero-order valence-corrected chi connectivity index (χ0v) is 22.9. The van der Waals surface area contributed by atoms with Gasteiger partial charge in [-0.3, -0.25) is 14.4 Å². The number of halogens is 1. The molecule has 9 nitrogen and oxygen atoms in total. The molecule has 0 aromatic heterocycles. The van der Waals surface area contributed by atoms with Gasteiger partial charge in [0.05, 0.1) is 31.2 Å². The third kappa shape index (κ3) is 6.49. The second-order valence-corrected chi connectivity index (χ2v) is 10.1. The molecule has 1 fully saturated rings. The number of fused-ring (bicyclic) bond motifs is 2. The Morgan fingerprint density at radius 3 is 2.71 bits per heavy atom. The number of amides is 3. The number of nitrogens with one attached hydrogen (secondary N) is 2. The van der Waals surface area contributed by atoms with Crippen LogP contribution in [-0.4, -0.2) is 61.6 Å². The quantitative estimate of drug-likeness (QED) is 0.449. The SMILES string of the molecule is COc1cccc(C(=O)Nc2ccc3c(c2)C(=O)N(C)[C@@H]2CC[C@@H](CC(=O)NCc4ccccc4F)O[C@@H]2CO3)c1. The van der Waals surface area contributed by atoms with Crippen LogP contribution in [0.15, 0.2) is 66.7 Å². The molecule has 2 aliphatic rings. The topological polar surface area (TPSA) is 106 Å². The van der Waals surface area contributed by atoms with Gasteiger partial charge in [0, 0.05) is 30.4 Å². The van der Waals surface area contributed by atoms with E-state index in [1.165, 1.54) is 13.2 Å². The van der Waals surface area contributed by atoms with Gasteiger partial charge in [-0.2, -0.15) is 0 Å². The van der Waals surface area contributed by atoms with E-state index in [1.54, 1.807) is 72.6 Å². The summed E-state index contributed by atoms with van der Waals surface area (Å²) in [5.74, 6) is -0.237. The smallest absolute Gasteiger partial charge is 0.257 e. The van der Waals surface area contributed by atoms with Crippen LogP contribution in [0.3, 0.4) is 0 Å². The molecule has 2 heterocycles. The van der Waals surface area contributed by atoms with E-state index < -0.39 is 6.10 Å². The third-order valence-corrected chi connectivity index (χ3v) is 7.45. The summed E-state index contributed by atoms with van der Waals surface area (Å²) in [6, 6.07) is 17.8. The number of benzene rings is 3. The van der Waals surface area contributed by atoms with Gasteiger partial charge < -0.3 is 29.7 Å². The first-order valence-electron chi connectivity index (χ1n) is 13.5. The molecular weight excluding hydrogens is 529 g/mol. The van der Waals surface area contributed by atoms with Gasteiger partial charge in [0.25, 0.3) is 11.8 Å². The Labute approximate surface area is 237 Å². The predicted molar refractivity (Wildman–Crippen MR) is 150 cm³/mol. The molecule has 5 rings (SSSR count). The minimum Gasteiger partial charge on any atom is -0.497 e. The summed E-state index contributed by atoms with van der Waals surface area (Å²) in [4.78, 5) is 40.5. The molecule has 0 saturated carbocycles. The van der Waals surface area contributed by atoms with Crippen molar-refractivity contribution in [1.29, 1.82) is 0 Å². The van der Waals surface area contributed by atoms with Crippen LogP contribution in [-0.2, 0) is 16.1 Å². The second kappa shape index (κ2) is 12.4. The van der Waals surface area contributed by atoms with Crippen molar-refractivity contribution in [3.8, 4) is 11.5 Å². The average molecular weight is 562 g/mol. The van der Waals surface area contributed by atoms with Gasteiger partial charge in [-0.15, -0.1) is 0 Å². The molecule has 3 atom stereocenters. The van der Waals surface area contributed by atoms with Gasteiger partial charge in [0.15, 0.2) is 0 Å². The summed E-state index contributed by atoms with van der Waals surface area (Å²) in [5.41, 5.74) is 1.64. The second-order valence-electron chi connectivity index (χ2n) is 10.1. The molecule has 2 N–H and O–H groups in total. The molecule has 0 bridgehead atoms. The normalized spacial score (nSPS) is 20.0. The Bertz CT molecular complexity index is 1450. The summed E-state index contributed by atoms with van der Waals surface area (Å²) in [7, 11) is 3.25. The van der Waals surface area contributed by atoms with Crippen molar-refractivity contribution in [2.75, 3.05) is 26.1 Å². The summed E-state index contributed by atoms with van der Waals surface area (Å²) >= 11 is 0. The maximum atomic E-state index is 13.9. The van der Waals surface area contributed by atoms with Crippen molar-refractivity contribution in [3.05, 3.63) is 89.2 Å². The number of carbonyl (C=O) groups is 3. The van der Waals surface area contributed by atoms with Crippen LogP contribution in [0.5, 0.6) is 11.5 Å². The Kier molecular flexibility index (Phi) is 8.49. The summed E-state index contributed by atoms with van der Waals surface area (Å²) < 4.78 is 31.3. The van der Waals surface area contributed by atoms with E-state index in [2.05, 4.69) is 10.6 Å². The van der Waals surface area contributed by atoms with Crippen LogP contribution in [0.4, 0.5) is 10.1 Å². The lowest BCUT2D eigenvalue weighted by Gasteiger charge is -2.42. The van der Waals surface area contributed by atoms with E-state index in [0.717, 1.165) is 0 Å². The van der Waals surface area contributed by atoms with Crippen LogP contribution >= 0.6 is 0 Å². The number of methoxy groups -OCH3 is 1. The number of likely N-dealkylation sites (N-methyl/N-ethyl adjacent to an activating group) is 1. The molecule has 214 valence electrons. The predicted octanol–water partition coefficient (Wildman–Crippen LogP) is 4.17. The van der Waals surface area contributed by atoms with E-state index >= 15 is 0 Å². The number of hydrogen-bond acceptors (Lipinski definition) is 6. The molecule has 41 heavy (non-hydrogen) atoms. The fourth-order valence-corrected chi connectivity index (χ4v) is 5.19. The van der Waals surface area contributed by atoms with Crippen LogP contribution in [0, 0.1) is 5.82 Å². The summed E-state index contributed by atoms with van der Waals surface area (Å²) in [6.45, 7) is 0.293. The van der Waals surface area contributed by atoms with Crippen LogP contribution in [0.1, 0.15) is 45.5 Å². The first-order chi connectivity index (χ1) is 19.8.